The van der Waals surface area contributed by atoms with Crippen LogP contribution in [0, 0.1) is 5.92 Å². The molecule has 1 amide bonds. The van der Waals surface area contributed by atoms with Crippen LogP contribution in [-0.2, 0) is 9.53 Å². The standard InChI is InChI=1S/C13H25NO4/c1-9(10(15)16)7-8-13(5,6)14-11(17)18-12(2,3)4/h9H,7-8H2,1-6H3,(H,14,17)(H,15,16). The van der Waals surface area contributed by atoms with Crippen molar-refractivity contribution < 1.29 is 19.4 Å². The average Bonchev–Trinajstić information content (AvgIpc) is 2.09. The molecule has 0 spiro atoms. The van der Waals surface area contributed by atoms with Crippen molar-refractivity contribution in [3.05, 3.63) is 0 Å². The first kappa shape index (κ1) is 16.7. The molecular formula is C13H25NO4. The summed E-state index contributed by atoms with van der Waals surface area (Å²) in [6, 6.07) is 0. The molecule has 0 aromatic rings. The van der Waals surface area contributed by atoms with E-state index in [9.17, 15) is 9.59 Å². The molecule has 0 rings (SSSR count). The van der Waals surface area contributed by atoms with Gasteiger partial charge in [0.15, 0.2) is 0 Å². The predicted molar refractivity (Wildman–Crippen MR) is 69.5 cm³/mol. The third kappa shape index (κ3) is 7.92. The smallest absolute Gasteiger partial charge is 0.408 e. The SMILES string of the molecule is CC(CCC(C)(C)NC(=O)OC(C)(C)C)C(=O)O. The van der Waals surface area contributed by atoms with E-state index in [0.29, 0.717) is 12.8 Å². The van der Waals surface area contributed by atoms with Crippen LogP contribution in [0.4, 0.5) is 4.79 Å². The van der Waals surface area contributed by atoms with Gasteiger partial charge in [0.1, 0.15) is 5.60 Å². The molecule has 0 aliphatic carbocycles. The molecule has 1 atom stereocenters. The molecule has 0 fully saturated rings. The zero-order valence-electron chi connectivity index (χ0n) is 12.2. The van der Waals surface area contributed by atoms with Crippen molar-refractivity contribution in [3.8, 4) is 0 Å². The number of hydrogen-bond acceptors (Lipinski definition) is 3. The number of rotatable bonds is 5. The predicted octanol–water partition coefficient (Wildman–Crippen LogP) is 2.79. The quantitative estimate of drug-likeness (QED) is 0.796. The fraction of sp³-hybridized carbons (Fsp3) is 0.846. The van der Waals surface area contributed by atoms with Crippen molar-refractivity contribution in [2.75, 3.05) is 0 Å². The monoisotopic (exact) mass is 259 g/mol. The highest BCUT2D eigenvalue weighted by molar-refractivity contribution is 5.69. The summed E-state index contributed by atoms with van der Waals surface area (Å²) >= 11 is 0. The first-order valence-corrected chi connectivity index (χ1v) is 6.17. The van der Waals surface area contributed by atoms with E-state index in [1.807, 2.05) is 13.8 Å². The van der Waals surface area contributed by atoms with E-state index >= 15 is 0 Å². The van der Waals surface area contributed by atoms with Crippen molar-refractivity contribution in [1.82, 2.24) is 5.32 Å². The largest absolute Gasteiger partial charge is 0.481 e. The minimum atomic E-state index is -0.817. The van der Waals surface area contributed by atoms with Crippen molar-refractivity contribution >= 4 is 12.1 Å². The topological polar surface area (TPSA) is 75.6 Å². The summed E-state index contributed by atoms with van der Waals surface area (Å²) in [6.45, 7) is 10.8. The van der Waals surface area contributed by atoms with Gasteiger partial charge in [0, 0.05) is 5.54 Å². The summed E-state index contributed by atoms with van der Waals surface area (Å²) in [5.74, 6) is -1.23. The molecule has 18 heavy (non-hydrogen) atoms. The van der Waals surface area contributed by atoms with E-state index in [0.717, 1.165) is 0 Å². The summed E-state index contributed by atoms with van der Waals surface area (Å²) in [6.07, 6.45) is 0.619. The number of carboxylic acids is 1. The van der Waals surface area contributed by atoms with E-state index in [1.54, 1.807) is 27.7 Å². The molecule has 0 saturated carbocycles. The molecule has 0 aromatic carbocycles. The second-order valence-corrected chi connectivity index (χ2v) is 6.29. The van der Waals surface area contributed by atoms with Gasteiger partial charge in [-0.15, -0.1) is 0 Å². The highest BCUT2D eigenvalue weighted by Crippen LogP contribution is 2.17. The summed E-state index contributed by atoms with van der Waals surface area (Å²) < 4.78 is 5.16. The number of ether oxygens (including phenoxy) is 1. The van der Waals surface area contributed by atoms with Gasteiger partial charge in [-0.1, -0.05) is 6.92 Å². The van der Waals surface area contributed by atoms with E-state index < -0.39 is 29.1 Å². The second kappa shape index (κ2) is 6.07. The van der Waals surface area contributed by atoms with Gasteiger partial charge in [-0.25, -0.2) is 4.79 Å². The Morgan fingerprint density at radius 3 is 2.11 bits per heavy atom. The number of carbonyl (C=O) groups is 2. The van der Waals surface area contributed by atoms with E-state index in [4.69, 9.17) is 9.84 Å². The average molecular weight is 259 g/mol. The number of amides is 1. The first-order chi connectivity index (χ1) is 7.93. The Balaban J connectivity index is 4.22. The van der Waals surface area contributed by atoms with Gasteiger partial charge in [-0.05, 0) is 47.5 Å². The first-order valence-electron chi connectivity index (χ1n) is 6.17. The highest BCUT2D eigenvalue weighted by Gasteiger charge is 2.25. The fourth-order valence-electron chi connectivity index (χ4n) is 1.34. The summed E-state index contributed by atoms with van der Waals surface area (Å²) in [5, 5.41) is 11.6. The molecular weight excluding hydrogens is 234 g/mol. The molecule has 5 heteroatoms. The normalized spacial score (nSPS) is 13.9. The summed E-state index contributed by atoms with van der Waals surface area (Å²) in [4.78, 5) is 22.3. The minimum Gasteiger partial charge on any atom is -0.481 e. The molecule has 0 heterocycles. The van der Waals surface area contributed by atoms with Crippen LogP contribution in [0.2, 0.25) is 0 Å². The van der Waals surface area contributed by atoms with Crippen molar-refractivity contribution in [1.29, 1.82) is 0 Å². The molecule has 0 aliphatic rings. The van der Waals surface area contributed by atoms with Crippen molar-refractivity contribution in [3.63, 3.8) is 0 Å². The van der Waals surface area contributed by atoms with Crippen LogP contribution in [0.5, 0.6) is 0 Å². The Hall–Kier alpha value is -1.26. The maximum atomic E-state index is 11.6. The lowest BCUT2D eigenvalue weighted by Crippen LogP contribution is -2.46. The van der Waals surface area contributed by atoms with Gasteiger partial charge in [-0.3, -0.25) is 4.79 Å². The Morgan fingerprint density at radius 1 is 1.22 bits per heavy atom. The highest BCUT2D eigenvalue weighted by atomic mass is 16.6. The number of carboxylic acid groups (broad SMARTS) is 1. The zero-order valence-corrected chi connectivity index (χ0v) is 12.2. The number of alkyl carbamates (subject to hydrolysis) is 1. The summed E-state index contributed by atoms with van der Waals surface area (Å²) in [7, 11) is 0. The van der Waals surface area contributed by atoms with Crippen molar-refractivity contribution in [2.24, 2.45) is 5.92 Å². The van der Waals surface area contributed by atoms with Crippen LogP contribution in [0.3, 0.4) is 0 Å². The minimum absolute atomic E-state index is 0.412. The third-order valence-corrected chi connectivity index (χ3v) is 2.46. The Kier molecular flexibility index (Phi) is 5.64. The van der Waals surface area contributed by atoms with Crippen LogP contribution >= 0.6 is 0 Å². The molecule has 0 bridgehead atoms. The molecule has 5 nitrogen and oxygen atoms in total. The van der Waals surface area contributed by atoms with Crippen LogP contribution in [0.1, 0.15) is 54.4 Å². The zero-order chi connectivity index (χ0) is 14.6. The molecule has 0 saturated heterocycles. The molecule has 1 unspecified atom stereocenters. The maximum Gasteiger partial charge on any atom is 0.408 e. The van der Waals surface area contributed by atoms with Gasteiger partial charge in [-0.2, -0.15) is 0 Å². The lowest BCUT2D eigenvalue weighted by atomic mass is 9.93. The van der Waals surface area contributed by atoms with Gasteiger partial charge >= 0.3 is 12.1 Å². The fourth-order valence-corrected chi connectivity index (χ4v) is 1.34. The van der Waals surface area contributed by atoms with Gasteiger partial charge < -0.3 is 15.2 Å². The van der Waals surface area contributed by atoms with Crippen LogP contribution in [-0.4, -0.2) is 28.3 Å². The van der Waals surface area contributed by atoms with Crippen LogP contribution in [0.15, 0.2) is 0 Å². The van der Waals surface area contributed by atoms with E-state index in [1.165, 1.54) is 0 Å². The van der Waals surface area contributed by atoms with Gasteiger partial charge in [0.25, 0.3) is 0 Å². The lowest BCUT2D eigenvalue weighted by Gasteiger charge is -2.29. The Labute approximate surface area is 109 Å². The van der Waals surface area contributed by atoms with Crippen LogP contribution in [0.25, 0.3) is 0 Å². The van der Waals surface area contributed by atoms with Gasteiger partial charge in [0.2, 0.25) is 0 Å². The summed E-state index contributed by atoms with van der Waals surface area (Å²) in [5.41, 5.74) is -1.01. The maximum absolute atomic E-state index is 11.6. The number of nitrogens with one attached hydrogen (secondary N) is 1. The second-order valence-electron chi connectivity index (χ2n) is 6.29. The Morgan fingerprint density at radius 2 is 1.72 bits per heavy atom. The van der Waals surface area contributed by atoms with Crippen molar-refractivity contribution in [2.45, 2.75) is 65.5 Å². The van der Waals surface area contributed by atoms with E-state index in [2.05, 4.69) is 5.32 Å². The lowest BCUT2D eigenvalue weighted by molar-refractivity contribution is -0.141. The van der Waals surface area contributed by atoms with Gasteiger partial charge in [0.05, 0.1) is 5.92 Å². The molecule has 0 aromatic heterocycles. The molecule has 0 radical (unpaired) electrons. The molecule has 2 N–H and O–H groups in total. The number of carbonyl (C=O) groups excluding carboxylic acids is 1. The third-order valence-electron chi connectivity index (χ3n) is 2.46. The molecule has 106 valence electrons. The van der Waals surface area contributed by atoms with Crippen LogP contribution < -0.4 is 5.32 Å². The number of hydrogen-bond donors (Lipinski definition) is 2. The Bertz CT molecular complexity index is 305. The van der Waals surface area contributed by atoms with E-state index in [-0.39, 0.29) is 0 Å². The molecule has 0 aliphatic heterocycles. The number of aliphatic carboxylic acids is 1.